The topological polar surface area (TPSA) is 579 Å². The largest absolute Gasteiger partial charge is 0.508 e. The van der Waals surface area contributed by atoms with Crippen LogP contribution in [0.25, 0.3) is 87.1 Å². The van der Waals surface area contributed by atoms with Crippen LogP contribution in [0.1, 0.15) is 47.4 Å². The summed E-state index contributed by atoms with van der Waals surface area (Å²) in [6.07, 6.45) is 4.56. The number of fused-ring (bicyclic) bond motifs is 21. The number of H-pyrrole nitrogens is 1. The minimum atomic E-state index is -0.494. The Labute approximate surface area is 667 Å². The van der Waals surface area contributed by atoms with Crippen LogP contribution in [-0.2, 0) is 17.7 Å². The minimum absolute atomic E-state index is 0. The Hall–Kier alpha value is -16.2. The molecule has 119 heavy (non-hydrogen) atoms. The van der Waals surface area contributed by atoms with Gasteiger partial charge in [0.1, 0.15) is 11.9 Å². The number of phenols is 22. The van der Waals surface area contributed by atoms with Gasteiger partial charge in [-0.3, -0.25) is 19.5 Å². The molecule has 0 unspecified atom stereocenters. The first-order chi connectivity index (χ1) is 56.2. The van der Waals surface area contributed by atoms with E-state index in [1.165, 1.54) is 102 Å². The Kier molecular flexibility index (Phi) is 19.2. The molecular formula is C86H70N7O26+. The lowest BCUT2D eigenvalue weighted by Gasteiger charge is -2.40. The van der Waals surface area contributed by atoms with Crippen LogP contribution in [0.4, 0.5) is 28.4 Å². The number of aromatic hydroxyl groups is 22. The monoisotopic (exact) mass is 1620 g/mol. The number of pyridine rings is 3. The van der Waals surface area contributed by atoms with Crippen LogP contribution in [0.2, 0.25) is 0 Å². The van der Waals surface area contributed by atoms with Gasteiger partial charge in [0.2, 0.25) is 16.8 Å². The van der Waals surface area contributed by atoms with Crippen molar-refractivity contribution in [2.75, 3.05) is 24.4 Å². The van der Waals surface area contributed by atoms with Gasteiger partial charge in [0.05, 0.1) is 40.1 Å². The highest BCUT2D eigenvalue weighted by molar-refractivity contribution is 6.19. The lowest BCUT2D eigenvalue weighted by atomic mass is 9.77. The van der Waals surface area contributed by atoms with Crippen molar-refractivity contribution in [3.63, 3.8) is 0 Å². The van der Waals surface area contributed by atoms with Crippen molar-refractivity contribution in [1.29, 1.82) is 0 Å². The maximum absolute atomic E-state index is 11.6. The molecule has 4 aliphatic heterocycles. The maximum Gasteiger partial charge on any atom is 0.222 e. The van der Waals surface area contributed by atoms with Gasteiger partial charge in [0.25, 0.3) is 0 Å². The third kappa shape index (κ3) is 13.4. The van der Waals surface area contributed by atoms with Crippen molar-refractivity contribution in [1.82, 2.24) is 19.9 Å². The fourth-order valence-corrected chi connectivity index (χ4v) is 15.1. The molecule has 1 aliphatic carbocycles. The number of ether oxygens (including phenoxy) is 1. The second-order valence-corrected chi connectivity index (χ2v) is 28.2. The van der Waals surface area contributed by atoms with Crippen LogP contribution in [0.15, 0.2) is 175 Å². The highest BCUT2D eigenvalue weighted by Crippen LogP contribution is 2.59. The quantitative estimate of drug-likeness (QED) is 0.0220. The number of nitrogens with zero attached hydrogens (tertiary/aromatic N) is 4. The summed E-state index contributed by atoms with van der Waals surface area (Å²) in [6, 6.07) is 37.5. The molecule has 3 aromatic heterocycles. The van der Waals surface area contributed by atoms with E-state index in [9.17, 15) is 122 Å². The molecule has 33 heteroatoms. The number of nitrogen functional groups attached to an aromatic ring is 1. The van der Waals surface area contributed by atoms with Gasteiger partial charge in [0, 0.05) is 149 Å². The first-order valence-electron chi connectivity index (χ1n) is 35.5. The molecular weight excluding hydrogens is 1550 g/mol. The highest BCUT2D eigenvalue weighted by Gasteiger charge is 2.44. The molecule has 2 bridgehead atoms. The van der Waals surface area contributed by atoms with E-state index in [-0.39, 0.29) is 145 Å². The fraction of sp³-hybridized carbons (Fsp3) is 0.0814. The molecule has 0 amide bonds. The zero-order valence-corrected chi connectivity index (χ0v) is 60.8. The van der Waals surface area contributed by atoms with Crippen LogP contribution >= 0.6 is 0 Å². The first-order valence-corrected chi connectivity index (χ1v) is 35.5. The molecule has 5 aliphatic rings. The lowest BCUT2D eigenvalue weighted by Crippen LogP contribution is -2.99. The number of aromatic nitrogens is 3. The molecule has 21 rings (SSSR count). The number of hydrogen-bond donors (Lipinski definition) is 26. The van der Waals surface area contributed by atoms with Crippen LogP contribution in [0, 0.1) is 0 Å². The summed E-state index contributed by atoms with van der Waals surface area (Å²) in [5.74, 6) is -5.24. The second-order valence-electron chi connectivity index (χ2n) is 28.2. The zero-order valence-electron chi connectivity index (χ0n) is 60.8. The first kappa shape index (κ1) is 78.1. The third-order valence-corrected chi connectivity index (χ3v) is 21.0. The number of aromatic amines is 1. The van der Waals surface area contributed by atoms with Gasteiger partial charge in [-0.15, -0.1) is 5.06 Å². The number of hydrogen-bond acceptors (Lipinski definition) is 31. The summed E-state index contributed by atoms with van der Waals surface area (Å²) in [5.41, 5.74) is 15.7. The summed E-state index contributed by atoms with van der Waals surface area (Å²) in [4.78, 5) is 31.0. The Morgan fingerprint density at radius 2 is 0.966 bits per heavy atom. The Bertz CT molecular complexity index is 6780. The molecule has 0 spiro atoms. The van der Waals surface area contributed by atoms with E-state index < -0.39 is 34.5 Å². The number of phenolic OH excluding ortho intramolecular Hbond substituents is 22. The molecule has 7 heterocycles. The van der Waals surface area contributed by atoms with Crippen molar-refractivity contribution >= 4 is 104 Å². The van der Waals surface area contributed by atoms with Gasteiger partial charge in [-0.2, -0.15) is 0 Å². The predicted octanol–water partition coefficient (Wildman–Crippen LogP) is 13.0. The maximum atomic E-state index is 11.6. The van der Waals surface area contributed by atoms with Gasteiger partial charge >= 0.3 is 0 Å². The smallest absolute Gasteiger partial charge is 0.222 e. The molecule has 0 radical (unpaired) electrons. The number of anilines is 3. The van der Waals surface area contributed by atoms with Crippen molar-refractivity contribution in [2.45, 2.75) is 32.4 Å². The highest BCUT2D eigenvalue weighted by atomic mass is 16.7. The number of likely N-dealkylation sites (N-methyl/N-ethyl adjacent to an activating group) is 1. The SMILES string of the molecule is C.CN1CCc2cc(O)cc3c2[C@H]1Cc1ccc(O)c(O)c1-3.Nc1c2ccc(O)c(O)c2cc2c(O)c(O)ccc12.O=c1cc2ncc3c[nH]c4cc(O)c(O)cc4c3c2cc1O.Oc1cc2c(cc1O)N1OC2c2cc(O)c(O)cc21.Oc1cc2c(cc1O)[NH+](O)c1cc(O)c(O)cc1O2.Oc1cc2cc3c(O)c(O)ccc3nc2cc1O. The van der Waals surface area contributed by atoms with Crippen molar-refractivity contribution < 1.29 is 132 Å². The van der Waals surface area contributed by atoms with Crippen molar-refractivity contribution in [2.24, 2.45) is 0 Å². The fourth-order valence-electron chi connectivity index (χ4n) is 15.1. The average Bonchev–Trinajstić information content (AvgIpc) is 1.55. The summed E-state index contributed by atoms with van der Waals surface area (Å²) in [5, 5.41) is 228. The second kappa shape index (κ2) is 29.3. The molecule has 33 nitrogen and oxygen atoms in total. The molecule has 13 aromatic carbocycles. The number of nitrogens with two attached hydrogens (primary N) is 1. The zero-order chi connectivity index (χ0) is 83.8. The predicted molar refractivity (Wildman–Crippen MR) is 433 cm³/mol. The van der Waals surface area contributed by atoms with Crippen molar-refractivity contribution in [3.05, 3.63) is 208 Å². The summed E-state index contributed by atoms with van der Waals surface area (Å²) < 4.78 is 5.40. The number of quaternary nitrogens is 1. The summed E-state index contributed by atoms with van der Waals surface area (Å²) in [6.45, 7) is 0.958. The molecule has 1 atom stereocenters. The summed E-state index contributed by atoms with van der Waals surface area (Å²) in [7, 11) is 2.11. The molecule has 0 saturated carbocycles. The van der Waals surface area contributed by atoms with Gasteiger partial charge in [-0.1, -0.05) is 13.5 Å². The van der Waals surface area contributed by atoms with E-state index in [1.54, 1.807) is 42.7 Å². The molecule has 16 aromatic rings. The third-order valence-electron chi connectivity index (χ3n) is 21.0. The van der Waals surface area contributed by atoms with E-state index >= 15 is 0 Å². The van der Waals surface area contributed by atoms with Gasteiger partial charge in [-0.05, 0) is 139 Å². The van der Waals surface area contributed by atoms with E-state index in [2.05, 4.69) is 26.9 Å². The van der Waals surface area contributed by atoms with Gasteiger partial charge in [-0.25, -0.2) is 15.3 Å². The molecule has 27 N–H and O–H groups in total. The Morgan fingerprint density at radius 3 is 1.58 bits per heavy atom. The Morgan fingerprint density at radius 1 is 0.454 bits per heavy atom. The standard InChI is InChI=1S/C17H17NO3.C16H10N2O4.C14H11NO4.C13H9NO5.C13H9NO4.C12H9NO6.CH4/c1-18-5-4-10-6-11(19)8-12-15(10)13(18)7-9-2-3-14(20)17(21)16(9)12;19-12-1-8-10(3-14(12)21)17-5-7-6-18-11-4-15(22)13(20)2-9(11)16(7)8;15-12-6-1-3-10(16)13(18)8(6)5-9-7(12)2-4-11(17)14(9)19;15-9-1-5-7(3-11(9)17)14-8-4-12(18)10(16)2-6(8)13(5)19-14;15-10-2-1-8-7(13(10)18)3-6-4-11(16)12(17)5-9(6)14-8;14-7-1-5-11(3-9(7)16)19-12-4-10(17)8(15)2-6(12)13(5)18;/h2-3,6,8,13,19-21H,4-5,7H2,1H3;1-6,17,19-21H;1-5,16-19H,15H2;1-4,13,15-18H;1-5,15-18H;1-4,14-18H;1H4/p+1/t13-;;;;;;/m1....../s1. The minimum Gasteiger partial charge on any atom is -0.508 e. The molecule has 0 fully saturated rings. The van der Waals surface area contributed by atoms with Crippen molar-refractivity contribution in [3.8, 4) is 149 Å². The number of benzene rings is 13. The summed E-state index contributed by atoms with van der Waals surface area (Å²) >= 11 is 0. The number of nitrogens with one attached hydrogen (secondary N) is 2. The normalized spacial score (nSPS) is 13.8. The van der Waals surface area contributed by atoms with Gasteiger partial charge < -0.3 is 128 Å². The van der Waals surface area contributed by atoms with Crippen LogP contribution < -0.4 is 26.0 Å². The molecule has 604 valence electrons. The molecule has 0 saturated heterocycles. The van der Waals surface area contributed by atoms with E-state index in [0.717, 1.165) is 71.1 Å². The van der Waals surface area contributed by atoms with Crippen LogP contribution in [-0.4, -0.2) is 151 Å². The van der Waals surface area contributed by atoms with Gasteiger partial charge in [0.15, 0.2) is 132 Å². The Balaban J connectivity index is 0.000000111. The van der Waals surface area contributed by atoms with E-state index in [1.807, 2.05) is 12.1 Å². The average molecular weight is 1620 g/mol. The van der Waals surface area contributed by atoms with Crippen LogP contribution in [0.5, 0.6) is 138 Å². The number of rotatable bonds is 0. The van der Waals surface area contributed by atoms with Crippen LogP contribution in [0.3, 0.4) is 0 Å². The van der Waals surface area contributed by atoms with E-state index in [4.69, 9.17) is 15.3 Å². The lowest BCUT2D eigenvalue weighted by molar-refractivity contribution is -0.979. The van der Waals surface area contributed by atoms with E-state index in [0.29, 0.717) is 98.9 Å².